The zero-order valence-electron chi connectivity index (χ0n) is 25.3. The SMILES string of the molecule is CN(C)[C@H]1C(=O)C(C(N)=O)=C(O)[C@]2(O)C(=O)C3=C(O)c4c(O)c(C(C)(C)C)cc(CCC(=O)c5cccnc5)c4C[C@@H]3C[C@H]12. The van der Waals surface area contributed by atoms with Gasteiger partial charge in [0.05, 0.1) is 11.6 Å². The van der Waals surface area contributed by atoms with Crippen LogP contribution in [-0.4, -0.2) is 79.3 Å². The molecule has 11 nitrogen and oxygen atoms in total. The summed E-state index contributed by atoms with van der Waals surface area (Å²) in [5, 5.41) is 46.1. The second-order valence-electron chi connectivity index (χ2n) is 13.2. The van der Waals surface area contributed by atoms with Gasteiger partial charge in [-0.05, 0) is 68.0 Å². The summed E-state index contributed by atoms with van der Waals surface area (Å²) < 4.78 is 0. The van der Waals surface area contributed by atoms with Gasteiger partial charge in [-0.25, -0.2) is 0 Å². The number of amides is 1. The number of carbonyl (C=O) groups excluding carboxylic acids is 4. The number of nitrogens with zero attached hydrogens (tertiary/aromatic N) is 2. The lowest BCUT2D eigenvalue weighted by molar-refractivity contribution is -0.153. The number of phenols is 1. The quantitative estimate of drug-likeness (QED) is 0.242. The maximum atomic E-state index is 14.2. The Labute approximate surface area is 254 Å². The van der Waals surface area contributed by atoms with Crippen molar-refractivity contribution in [3.05, 3.63) is 75.3 Å². The van der Waals surface area contributed by atoms with Crippen LogP contribution in [0.4, 0.5) is 0 Å². The van der Waals surface area contributed by atoms with Crippen molar-refractivity contribution in [3.63, 3.8) is 0 Å². The zero-order chi connectivity index (χ0) is 32.5. The minimum absolute atomic E-state index is 0.0123. The largest absolute Gasteiger partial charge is 0.508 e. The first-order chi connectivity index (χ1) is 20.5. The van der Waals surface area contributed by atoms with E-state index in [0.717, 1.165) is 0 Å². The van der Waals surface area contributed by atoms with Crippen LogP contribution in [0.1, 0.15) is 66.2 Å². The number of aryl methyl sites for hydroxylation is 1. The molecule has 0 aliphatic heterocycles. The summed E-state index contributed by atoms with van der Waals surface area (Å²) in [4.78, 5) is 58.2. The summed E-state index contributed by atoms with van der Waals surface area (Å²) in [6, 6.07) is 4.01. The number of aliphatic hydroxyl groups is 3. The predicted octanol–water partition coefficient (Wildman–Crippen LogP) is 2.47. The van der Waals surface area contributed by atoms with E-state index < -0.39 is 63.5 Å². The molecule has 0 radical (unpaired) electrons. The maximum absolute atomic E-state index is 14.2. The number of fused-ring (bicyclic) bond motifs is 3. The minimum atomic E-state index is -2.71. The first kappa shape index (κ1) is 31.1. The molecule has 11 heteroatoms. The van der Waals surface area contributed by atoms with Gasteiger partial charge in [0.2, 0.25) is 5.78 Å². The highest BCUT2D eigenvalue weighted by atomic mass is 16.3. The van der Waals surface area contributed by atoms with E-state index >= 15 is 0 Å². The van der Waals surface area contributed by atoms with Crippen molar-refractivity contribution < 1.29 is 39.6 Å². The number of primary amides is 1. The Hall–Kier alpha value is -4.35. The molecule has 1 fully saturated rings. The average Bonchev–Trinajstić information content (AvgIpc) is 2.93. The number of hydrogen-bond donors (Lipinski definition) is 5. The summed E-state index contributed by atoms with van der Waals surface area (Å²) in [6.07, 6.45) is 3.62. The van der Waals surface area contributed by atoms with E-state index in [2.05, 4.69) is 4.98 Å². The molecule has 2 aromatic rings. The van der Waals surface area contributed by atoms with Gasteiger partial charge in [-0.1, -0.05) is 26.8 Å². The topological polar surface area (TPSA) is 191 Å². The molecule has 5 rings (SSSR count). The standard InChI is InChI=1S/C33H37N3O8/c1-32(2,3)20-12-15(8-9-21(37)16-7-6-10-35-14-16)18-11-17-13-19-25(36(4)5)28(40)24(31(34)43)30(42)33(19,44)29(41)22(17)27(39)23(18)26(20)38/h6-7,10,12,14,17,19,25,38-39,42,44H,8-9,11,13H2,1-5H3,(H2,34,43)/t17-,19-,25-,33-/m1/s1. The minimum Gasteiger partial charge on any atom is -0.508 e. The molecular weight excluding hydrogens is 566 g/mol. The number of likely N-dealkylation sites (N-methyl/N-ethyl adjacent to an activating group) is 1. The van der Waals surface area contributed by atoms with Crippen LogP contribution in [0.3, 0.4) is 0 Å². The van der Waals surface area contributed by atoms with E-state index in [4.69, 9.17) is 5.73 Å². The van der Waals surface area contributed by atoms with Crippen LogP contribution < -0.4 is 5.73 Å². The first-order valence-corrected chi connectivity index (χ1v) is 14.5. The van der Waals surface area contributed by atoms with Crippen molar-refractivity contribution >= 4 is 29.0 Å². The predicted molar refractivity (Wildman–Crippen MR) is 160 cm³/mol. The van der Waals surface area contributed by atoms with Crippen LogP contribution in [0.2, 0.25) is 0 Å². The average molecular weight is 604 g/mol. The number of pyridine rings is 1. The van der Waals surface area contributed by atoms with Gasteiger partial charge in [0.1, 0.15) is 22.8 Å². The van der Waals surface area contributed by atoms with Crippen LogP contribution in [0.5, 0.6) is 5.75 Å². The zero-order valence-corrected chi connectivity index (χ0v) is 25.3. The lowest BCUT2D eigenvalue weighted by Crippen LogP contribution is -2.65. The Morgan fingerprint density at radius 2 is 1.84 bits per heavy atom. The third-order valence-electron chi connectivity index (χ3n) is 9.23. The normalized spacial score (nSPS) is 25.1. The van der Waals surface area contributed by atoms with Gasteiger partial charge >= 0.3 is 0 Å². The number of phenolic OH excluding ortho intramolecular Hbond substituents is 1. The van der Waals surface area contributed by atoms with Crippen molar-refractivity contribution in [2.75, 3.05) is 14.1 Å². The van der Waals surface area contributed by atoms with E-state index in [1.807, 2.05) is 26.8 Å². The number of nitrogens with two attached hydrogens (primary N) is 1. The van der Waals surface area contributed by atoms with Gasteiger partial charge in [0, 0.05) is 41.4 Å². The molecule has 4 atom stereocenters. The Morgan fingerprint density at radius 3 is 2.41 bits per heavy atom. The van der Waals surface area contributed by atoms with Crippen LogP contribution >= 0.6 is 0 Å². The Kier molecular flexibility index (Phi) is 7.54. The number of ketones is 3. The molecule has 1 amide bonds. The van der Waals surface area contributed by atoms with Gasteiger partial charge in [-0.15, -0.1) is 0 Å². The van der Waals surface area contributed by atoms with Crippen molar-refractivity contribution in [1.82, 2.24) is 9.88 Å². The summed E-state index contributed by atoms with van der Waals surface area (Å²) in [5.41, 5.74) is 3.26. The molecule has 232 valence electrons. The van der Waals surface area contributed by atoms with Gasteiger partial charge in [-0.2, -0.15) is 0 Å². The van der Waals surface area contributed by atoms with Crippen LogP contribution in [0.25, 0.3) is 5.76 Å². The van der Waals surface area contributed by atoms with Gasteiger partial charge in [0.15, 0.2) is 17.2 Å². The van der Waals surface area contributed by atoms with Gasteiger partial charge in [-0.3, -0.25) is 29.1 Å². The van der Waals surface area contributed by atoms with E-state index in [-0.39, 0.29) is 48.4 Å². The smallest absolute Gasteiger partial charge is 0.255 e. The highest BCUT2D eigenvalue weighted by Gasteiger charge is 2.64. The van der Waals surface area contributed by atoms with Crippen molar-refractivity contribution in [2.24, 2.45) is 17.6 Å². The molecular formula is C33H37N3O8. The third-order valence-corrected chi connectivity index (χ3v) is 9.23. The monoisotopic (exact) mass is 603 g/mol. The van der Waals surface area contributed by atoms with E-state index in [1.54, 1.807) is 32.4 Å². The molecule has 1 saturated carbocycles. The summed E-state index contributed by atoms with van der Waals surface area (Å²) in [6.45, 7) is 5.63. The van der Waals surface area contributed by atoms with Gasteiger partial charge in [0.25, 0.3) is 5.91 Å². The van der Waals surface area contributed by atoms with Crippen LogP contribution in [-0.2, 0) is 32.6 Å². The Morgan fingerprint density at radius 1 is 1.16 bits per heavy atom. The number of aromatic hydroxyl groups is 1. The van der Waals surface area contributed by atoms with Crippen molar-refractivity contribution in [3.8, 4) is 5.75 Å². The molecule has 0 bridgehead atoms. The van der Waals surface area contributed by atoms with E-state index in [9.17, 15) is 39.6 Å². The fourth-order valence-corrected chi connectivity index (χ4v) is 7.10. The summed E-state index contributed by atoms with van der Waals surface area (Å²) in [7, 11) is 3.10. The second kappa shape index (κ2) is 10.7. The number of hydrogen-bond acceptors (Lipinski definition) is 10. The van der Waals surface area contributed by atoms with Crippen LogP contribution in [0, 0.1) is 11.8 Å². The number of benzene rings is 1. The third kappa shape index (κ3) is 4.62. The van der Waals surface area contributed by atoms with Crippen LogP contribution in [0.15, 0.2) is 47.5 Å². The summed E-state index contributed by atoms with van der Waals surface area (Å²) >= 11 is 0. The van der Waals surface area contributed by atoms with E-state index in [1.165, 1.54) is 11.1 Å². The van der Waals surface area contributed by atoms with Gasteiger partial charge < -0.3 is 26.2 Å². The molecule has 3 aliphatic rings. The molecule has 44 heavy (non-hydrogen) atoms. The highest BCUT2D eigenvalue weighted by Crippen LogP contribution is 2.54. The number of aliphatic hydroxyl groups excluding tert-OH is 2. The summed E-state index contributed by atoms with van der Waals surface area (Å²) in [5.74, 6) is -7.07. The lowest BCUT2D eigenvalue weighted by Gasteiger charge is -2.50. The molecule has 0 spiro atoms. The lowest BCUT2D eigenvalue weighted by atomic mass is 9.57. The van der Waals surface area contributed by atoms with E-state index in [0.29, 0.717) is 22.3 Å². The van der Waals surface area contributed by atoms with Crippen molar-refractivity contribution in [1.29, 1.82) is 0 Å². The molecule has 0 unspecified atom stereocenters. The number of Topliss-reactive ketones (excluding diaryl/α,β-unsaturated/α-hetero) is 3. The van der Waals surface area contributed by atoms with Crippen molar-refractivity contribution in [2.45, 2.75) is 63.5 Å². The highest BCUT2D eigenvalue weighted by molar-refractivity contribution is 6.24. The number of aromatic nitrogens is 1. The maximum Gasteiger partial charge on any atom is 0.255 e. The molecule has 6 N–H and O–H groups in total. The second-order valence-corrected chi connectivity index (χ2v) is 13.2. The fraction of sp³-hybridized carbons (Fsp3) is 0.424. The molecule has 1 heterocycles. The Bertz CT molecular complexity index is 1670. The molecule has 1 aromatic carbocycles. The number of carbonyl (C=O) groups is 4. The molecule has 3 aliphatic carbocycles. The molecule has 1 aromatic heterocycles. The Balaban J connectivity index is 1.68. The fourth-order valence-electron chi connectivity index (χ4n) is 7.10. The molecule has 0 saturated heterocycles. The first-order valence-electron chi connectivity index (χ1n) is 14.5. The number of rotatable bonds is 6.